The lowest BCUT2D eigenvalue weighted by Crippen LogP contribution is -2.19. The van der Waals surface area contributed by atoms with E-state index in [1.165, 1.54) is 70.6 Å². The molecule has 0 aromatic rings. The monoisotopic (exact) mass is 372 g/mol. The van der Waals surface area contributed by atoms with E-state index < -0.39 is 0 Å². The zero-order chi connectivity index (χ0) is 12.1. The lowest BCUT2D eigenvalue weighted by atomic mass is 10.0. The Kier molecular flexibility index (Phi) is 46.5. The van der Waals surface area contributed by atoms with Crippen LogP contribution in [0.4, 0.5) is 0 Å². The van der Waals surface area contributed by atoms with Gasteiger partial charge in [-0.2, -0.15) is 0 Å². The summed E-state index contributed by atoms with van der Waals surface area (Å²) in [5.74, 6) is 0. The second-order valence-corrected chi connectivity index (χ2v) is 4.95. The zero-order valence-electron chi connectivity index (χ0n) is 12.9. The lowest BCUT2D eigenvalue weighted by molar-refractivity contribution is 0.489. The van der Waals surface area contributed by atoms with Crippen molar-refractivity contribution in [3.05, 3.63) is 0 Å². The molecule has 0 saturated carbocycles. The quantitative estimate of drug-likeness (QED) is 0.457. The van der Waals surface area contributed by atoms with Crippen molar-refractivity contribution < 1.29 is 0 Å². The van der Waals surface area contributed by atoms with Crippen molar-refractivity contribution in [2.45, 2.75) is 83.6 Å². The fourth-order valence-electron chi connectivity index (χ4n) is 2.06. The van der Waals surface area contributed by atoms with Gasteiger partial charge in [-0.25, -0.2) is 0 Å². The molecule has 0 spiro atoms. The predicted octanol–water partition coefficient (Wildman–Crippen LogP) is 5.27. The molecular formula is C14H36Cl4N2. The molecule has 0 aliphatic rings. The molecule has 0 heterocycles. The smallest absolute Gasteiger partial charge is 0.00388 e. The highest BCUT2D eigenvalue weighted by atomic mass is 35.5. The zero-order valence-corrected chi connectivity index (χ0v) is 16.1. The Morgan fingerprint density at radius 1 is 0.650 bits per heavy atom. The van der Waals surface area contributed by atoms with Crippen molar-refractivity contribution in [3.63, 3.8) is 0 Å². The summed E-state index contributed by atoms with van der Waals surface area (Å²) in [7, 11) is 0. The summed E-state index contributed by atoms with van der Waals surface area (Å²) in [6.45, 7) is 3.10. The predicted molar refractivity (Wildman–Crippen MR) is 102 cm³/mol. The van der Waals surface area contributed by atoms with Gasteiger partial charge in [-0.05, 0) is 25.8 Å². The molecule has 0 saturated heterocycles. The maximum absolute atomic E-state index is 6.08. The number of hydrogen-bond donors (Lipinski definition) is 2. The summed E-state index contributed by atoms with van der Waals surface area (Å²) in [5.41, 5.74) is 11.5. The van der Waals surface area contributed by atoms with E-state index in [9.17, 15) is 0 Å². The SMILES string of the molecule is CCCCCCC(N)CCCCCCCN.Cl.Cl.Cl.Cl. The molecule has 1 atom stereocenters. The van der Waals surface area contributed by atoms with Crippen LogP contribution in [0.25, 0.3) is 0 Å². The molecule has 0 radical (unpaired) electrons. The van der Waals surface area contributed by atoms with Crippen molar-refractivity contribution in [2.24, 2.45) is 11.5 Å². The van der Waals surface area contributed by atoms with Crippen LogP contribution in [0.15, 0.2) is 0 Å². The molecule has 0 aliphatic carbocycles. The van der Waals surface area contributed by atoms with Crippen LogP contribution in [-0.2, 0) is 0 Å². The van der Waals surface area contributed by atoms with Gasteiger partial charge in [0, 0.05) is 6.04 Å². The van der Waals surface area contributed by atoms with E-state index in [0.717, 1.165) is 6.54 Å². The maximum atomic E-state index is 6.08. The molecule has 0 rings (SSSR count). The third-order valence-electron chi connectivity index (χ3n) is 3.21. The van der Waals surface area contributed by atoms with Crippen LogP contribution < -0.4 is 11.5 Å². The lowest BCUT2D eigenvalue weighted by Gasteiger charge is -2.10. The summed E-state index contributed by atoms with van der Waals surface area (Å²) in [4.78, 5) is 0. The number of nitrogens with two attached hydrogens (primary N) is 2. The van der Waals surface area contributed by atoms with Crippen molar-refractivity contribution in [3.8, 4) is 0 Å². The van der Waals surface area contributed by atoms with Crippen LogP contribution >= 0.6 is 49.6 Å². The minimum Gasteiger partial charge on any atom is -0.330 e. The van der Waals surface area contributed by atoms with Crippen LogP contribution in [0, 0.1) is 0 Å². The molecule has 6 heteroatoms. The minimum absolute atomic E-state index is 0. The first-order valence-electron chi connectivity index (χ1n) is 7.27. The molecular weight excluding hydrogens is 338 g/mol. The Labute approximate surface area is 151 Å². The van der Waals surface area contributed by atoms with Crippen LogP contribution in [0.2, 0.25) is 0 Å². The second kappa shape index (κ2) is 28.3. The molecule has 20 heavy (non-hydrogen) atoms. The van der Waals surface area contributed by atoms with Crippen LogP contribution in [0.5, 0.6) is 0 Å². The van der Waals surface area contributed by atoms with Crippen LogP contribution in [0.1, 0.15) is 77.6 Å². The summed E-state index contributed by atoms with van der Waals surface area (Å²) in [6.07, 6.45) is 14.3. The number of hydrogen-bond acceptors (Lipinski definition) is 2. The Morgan fingerprint density at radius 2 is 1.05 bits per heavy atom. The van der Waals surface area contributed by atoms with Crippen LogP contribution in [-0.4, -0.2) is 12.6 Å². The van der Waals surface area contributed by atoms with Gasteiger partial charge in [0.25, 0.3) is 0 Å². The first kappa shape index (κ1) is 32.9. The van der Waals surface area contributed by atoms with E-state index in [4.69, 9.17) is 11.5 Å². The van der Waals surface area contributed by atoms with Crippen molar-refractivity contribution >= 4 is 49.6 Å². The van der Waals surface area contributed by atoms with Gasteiger partial charge in [0.1, 0.15) is 0 Å². The van der Waals surface area contributed by atoms with E-state index in [2.05, 4.69) is 6.92 Å². The molecule has 0 amide bonds. The first-order chi connectivity index (χ1) is 7.81. The standard InChI is InChI=1S/C14H32N2.4ClH/c1-2-3-4-8-11-14(16)12-9-6-5-7-10-13-15;;;;/h14H,2-13,15-16H2,1H3;4*1H. The van der Waals surface area contributed by atoms with Gasteiger partial charge < -0.3 is 11.5 Å². The topological polar surface area (TPSA) is 52.0 Å². The summed E-state index contributed by atoms with van der Waals surface area (Å²) in [6, 6.07) is 0.450. The van der Waals surface area contributed by atoms with Crippen molar-refractivity contribution in [1.29, 1.82) is 0 Å². The highest BCUT2D eigenvalue weighted by Gasteiger charge is 2.01. The maximum Gasteiger partial charge on any atom is 0.00388 e. The van der Waals surface area contributed by atoms with Gasteiger partial charge >= 0.3 is 0 Å². The second-order valence-electron chi connectivity index (χ2n) is 4.95. The van der Waals surface area contributed by atoms with E-state index in [0.29, 0.717) is 6.04 Å². The van der Waals surface area contributed by atoms with E-state index in [1.807, 2.05) is 0 Å². The molecule has 0 aromatic carbocycles. The van der Waals surface area contributed by atoms with Gasteiger partial charge in [-0.15, -0.1) is 49.6 Å². The largest absolute Gasteiger partial charge is 0.330 e. The van der Waals surface area contributed by atoms with Crippen LogP contribution in [0.3, 0.4) is 0 Å². The van der Waals surface area contributed by atoms with E-state index in [1.54, 1.807) is 0 Å². The third-order valence-corrected chi connectivity index (χ3v) is 3.21. The average molecular weight is 374 g/mol. The highest BCUT2D eigenvalue weighted by Crippen LogP contribution is 2.11. The first-order valence-corrected chi connectivity index (χ1v) is 7.27. The summed E-state index contributed by atoms with van der Waals surface area (Å²) >= 11 is 0. The fourth-order valence-corrected chi connectivity index (χ4v) is 2.06. The fraction of sp³-hybridized carbons (Fsp3) is 1.00. The van der Waals surface area contributed by atoms with Crippen molar-refractivity contribution in [2.75, 3.05) is 6.54 Å². The van der Waals surface area contributed by atoms with Gasteiger partial charge in [-0.3, -0.25) is 0 Å². The summed E-state index contributed by atoms with van der Waals surface area (Å²) < 4.78 is 0. The number of unbranched alkanes of at least 4 members (excludes halogenated alkanes) is 7. The number of halogens is 4. The van der Waals surface area contributed by atoms with Gasteiger partial charge in [0.05, 0.1) is 0 Å². The Balaban J connectivity index is -0.000000187. The molecule has 0 aromatic heterocycles. The molecule has 0 fully saturated rings. The average Bonchev–Trinajstić information content (AvgIpc) is 2.29. The normalized spacial score (nSPS) is 10.3. The Morgan fingerprint density at radius 3 is 1.50 bits per heavy atom. The highest BCUT2D eigenvalue weighted by molar-refractivity contribution is 5.86. The minimum atomic E-state index is 0. The van der Waals surface area contributed by atoms with E-state index >= 15 is 0 Å². The molecule has 130 valence electrons. The third kappa shape index (κ3) is 27.4. The molecule has 0 bridgehead atoms. The molecule has 0 aliphatic heterocycles. The van der Waals surface area contributed by atoms with Gasteiger partial charge in [0.15, 0.2) is 0 Å². The molecule has 4 N–H and O–H groups in total. The Bertz CT molecular complexity index is 140. The van der Waals surface area contributed by atoms with Gasteiger partial charge in [-0.1, -0.05) is 58.3 Å². The van der Waals surface area contributed by atoms with Gasteiger partial charge in [0.2, 0.25) is 0 Å². The summed E-state index contributed by atoms with van der Waals surface area (Å²) in [5, 5.41) is 0. The Hall–Kier alpha value is 1.08. The number of rotatable bonds is 12. The van der Waals surface area contributed by atoms with E-state index in [-0.39, 0.29) is 49.6 Å². The molecule has 2 nitrogen and oxygen atoms in total. The van der Waals surface area contributed by atoms with Crippen molar-refractivity contribution in [1.82, 2.24) is 0 Å². The molecule has 1 unspecified atom stereocenters.